The van der Waals surface area contributed by atoms with Gasteiger partial charge in [0.2, 0.25) is 0 Å². The van der Waals surface area contributed by atoms with E-state index >= 15 is 0 Å². The molecule has 1 rings (SSSR count). The summed E-state index contributed by atoms with van der Waals surface area (Å²) >= 11 is 3.74. The van der Waals surface area contributed by atoms with Gasteiger partial charge in [-0.2, -0.15) is 11.8 Å². The fourth-order valence-corrected chi connectivity index (χ4v) is 2.68. The van der Waals surface area contributed by atoms with E-state index in [1.54, 1.807) is 11.3 Å². The first kappa shape index (κ1) is 13.0. The van der Waals surface area contributed by atoms with Crippen molar-refractivity contribution in [3.63, 3.8) is 0 Å². The minimum Gasteiger partial charge on any atom is -0.308 e. The lowest BCUT2D eigenvalue weighted by molar-refractivity contribution is 0.589. The Morgan fingerprint density at radius 2 is 2.33 bits per heavy atom. The molecule has 0 aromatic carbocycles. The number of thiazole rings is 1. The molecule has 0 radical (unpaired) electrons. The molecule has 0 fully saturated rings. The molecular weight excluding hydrogens is 224 g/mol. The van der Waals surface area contributed by atoms with Crippen LogP contribution in [0.5, 0.6) is 0 Å². The average molecular weight is 244 g/mol. The predicted molar refractivity (Wildman–Crippen MR) is 70.8 cm³/mol. The van der Waals surface area contributed by atoms with Crippen LogP contribution in [-0.2, 0) is 13.0 Å². The van der Waals surface area contributed by atoms with E-state index in [2.05, 4.69) is 36.5 Å². The average Bonchev–Trinajstić information content (AvgIpc) is 2.71. The molecule has 0 spiro atoms. The number of hydrogen-bond donors (Lipinski definition) is 1. The highest BCUT2D eigenvalue weighted by molar-refractivity contribution is 7.99. The Kier molecular flexibility index (Phi) is 6.29. The van der Waals surface area contributed by atoms with E-state index in [0.29, 0.717) is 6.04 Å². The van der Waals surface area contributed by atoms with E-state index in [9.17, 15) is 0 Å². The van der Waals surface area contributed by atoms with Gasteiger partial charge >= 0.3 is 0 Å². The second kappa shape index (κ2) is 7.25. The SMILES string of the molecule is CCSCC(C)NCc1csc(CC)n1. The Labute approximate surface area is 101 Å². The van der Waals surface area contributed by atoms with E-state index in [0.717, 1.165) is 13.0 Å². The summed E-state index contributed by atoms with van der Waals surface area (Å²) in [6.07, 6.45) is 1.05. The molecule has 1 aromatic rings. The highest BCUT2D eigenvalue weighted by atomic mass is 32.2. The van der Waals surface area contributed by atoms with E-state index in [4.69, 9.17) is 0 Å². The Bertz CT molecular complexity index is 273. The number of nitrogens with zero attached hydrogens (tertiary/aromatic N) is 1. The smallest absolute Gasteiger partial charge is 0.0926 e. The highest BCUT2D eigenvalue weighted by Crippen LogP contribution is 2.10. The van der Waals surface area contributed by atoms with Crippen LogP contribution >= 0.6 is 23.1 Å². The molecule has 1 N–H and O–H groups in total. The number of aromatic nitrogens is 1. The number of rotatable bonds is 7. The summed E-state index contributed by atoms with van der Waals surface area (Å²) in [4.78, 5) is 4.53. The molecule has 0 aliphatic rings. The number of thioether (sulfide) groups is 1. The maximum atomic E-state index is 4.53. The summed E-state index contributed by atoms with van der Waals surface area (Å²) in [6.45, 7) is 7.49. The third-order valence-electron chi connectivity index (χ3n) is 2.11. The van der Waals surface area contributed by atoms with Crippen molar-refractivity contribution in [2.75, 3.05) is 11.5 Å². The van der Waals surface area contributed by atoms with E-state index in [1.165, 1.54) is 22.2 Å². The zero-order valence-corrected chi connectivity index (χ0v) is 11.4. The topological polar surface area (TPSA) is 24.9 Å². The zero-order valence-electron chi connectivity index (χ0n) is 9.75. The summed E-state index contributed by atoms with van der Waals surface area (Å²) in [5.74, 6) is 2.38. The van der Waals surface area contributed by atoms with Crippen LogP contribution in [0.3, 0.4) is 0 Å². The molecule has 15 heavy (non-hydrogen) atoms. The lowest BCUT2D eigenvalue weighted by Crippen LogP contribution is -2.27. The molecule has 0 bridgehead atoms. The maximum Gasteiger partial charge on any atom is 0.0926 e. The molecule has 4 heteroatoms. The first-order chi connectivity index (χ1) is 7.26. The Morgan fingerprint density at radius 1 is 1.53 bits per heavy atom. The highest BCUT2D eigenvalue weighted by Gasteiger charge is 2.03. The van der Waals surface area contributed by atoms with Crippen molar-refractivity contribution in [2.24, 2.45) is 0 Å². The Morgan fingerprint density at radius 3 is 2.93 bits per heavy atom. The van der Waals surface area contributed by atoms with Gasteiger partial charge in [0, 0.05) is 23.7 Å². The van der Waals surface area contributed by atoms with Crippen LogP contribution in [-0.4, -0.2) is 22.5 Å². The maximum absolute atomic E-state index is 4.53. The summed E-state index contributed by atoms with van der Waals surface area (Å²) in [6, 6.07) is 0.571. The standard InChI is InChI=1S/C11H20N2S2/c1-4-11-13-10(8-15-11)6-12-9(3)7-14-5-2/h8-9,12H,4-7H2,1-3H3. The van der Waals surface area contributed by atoms with Crippen LogP contribution in [0.15, 0.2) is 5.38 Å². The molecule has 86 valence electrons. The minimum atomic E-state index is 0.571. The second-order valence-corrected chi connectivity index (χ2v) is 5.79. The molecule has 2 nitrogen and oxygen atoms in total. The minimum absolute atomic E-state index is 0.571. The van der Waals surface area contributed by atoms with Crippen LogP contribution in [0, 0.1) is 0 Å². The van der Waals surface area contributed by atoms with Gasteiger partial charge in [0.05, 0.1) is 10.7 Å². The molecule has 1 unspecified atom stereocenters. The van der Waals surface area contributed by atoms with Crippen LogP contribution in [0.1, 0.15) is 31.5 Å². The van der Waals surface area contributed by atoms with Crippen molar-refractivity contribution in [2.45, 2.75) is 39.8 Å². The van der Waals surface area contributed by atoms with Gasteiger partial charge in [-0.1, -0.05) is 13.8 Å². The molecule has 0 amide bonds. The fraction of sp³-hybridized carbons (Fsp3) is 0.727. The van der Waals surface area contributed by atoms with Crippen LogP contribution in [0.2, 0.25) is 0 Å². The third-order valence-corrected chi connectivity index (χ3v) is 4.29. The largest absolute Gasteiger partial charge is 0.308 e. The molecular formula is C11H20N2S2. The van der Waals surface area contributed by atoms with Crippen molar-refractivity contribution >= 4 is 23.1 Å². The van der Waals surface area contributed by atoms with Gasteiger partial charge in [0.1, 0.15) is 0 Å². The van der Waals surface area contributed by atoms with E-state index < -0.39 is 0 Å². The van der Waals surface area contributed by atoms with Gasteiger partial charge in [-0.25, -0.2) is 4.98 Å². The monoisotopic (exact) mass is 244 g/mol. The van der Waals surface area contributed by atoms with Gasteiger partial charge in [0.25, 0.3) is 0 Å². The summed E-state index contributed by atoms with van der Waals surface area (Å²) < 4.78 is 0. The molecule has 0 saturated heterocycles. The van der Waals surface area contributed by atoms with Crippen molar-refractivity contribution in [1.29, 1.82) is 0 Å². The molecule has 1 heterocycles. The fourth-order valence-electron chi connectivity index (χ4n) is 1.22. The first-order valence-corrected chi connectivity index (χ1v) is 7.54. The number of nitrogens with one attached hydrogen (secondary N) is 1. The number of hydrogen-bond acceptors (Lipinski definition) is 4. The van der Waals surface area contributed by atoms with Gasteiger partial charge in [-0.05, 0) is 19.1 Å². The number of aryl methyl sites for hydroxylation is 1. The van der Waals surface area contributed by atoms with Crippen LogP contribution in [0.4, 0.5) is 0 Å². The normalized spacial score (nSPS) is 13.0. The van der Waals surface area contributed by atoms with E-state index in [1.807, 2.05) is 11.8 Å². The lowest BCUT2D eigenvalue weighted by atomic mass is 10.3. The quantitative estimate of drug-likeness (QED) is 0.798. The van der Waals surface area contributed by atoms with Gasteiger partial charge in [0.15, 0.2) is 0 Å². The van der Waals surface area contributed by atoms with Crippen LogP contribution < -0.4 is 5.32 Å². The third kappa shape index (κ3) is 5.00. The summed E-state index contributed by atoms with van der Waals surface area (Å²) in [7, 11) is 0. The van der Waals surface area contributed by atoms with Crippen molar-refractivity contribution in [1.82, 2.24) is 10.3 Å². The second-order valence-electron chi connectivity index (χ2n) is 3.53. The van der Waals surface area contributed by atoms with Crippen molar-refractivity contribution in [3.8, 4) is 0 Å². The molecule has 0 aliphatic carbocycles. The molecule has 0 aliphatic heterocycles. The Balaban J connectivity index is 2.24. The molecule has 0 saturated carbocycles. The van der Waals surface area contributed by atoms with E-state index in [-0.39, 0.29) is 0 Å². The van der Waals surface area contributed by atoms with Crippen molar-refractivity contribution < 1.29 is 0 Å². The summed E-state index contributed by atoms with van der Waals surface area (Å²) in [5, 5.41) is 6.89. The Hall–Kier alpha value is -0.0600. The summed E-state index contributed by atoms with van der Waals surface area (Å²) in [5.41, 5.74) is 1.19. The lowest BCUT2D eigenvalue weighted by Gasteiger charge is -2.11. The van der Waals surface area contributed by atoms with Gasteiger partial charge < -0.3 is 5.32 Å². The van der Waals surface area contributed by atoms with Gasteiger partial charge in [-0.15, -0.1) is 11.3 Å². The van der Waals surface area contributed by atoms with Gasteiger partial charge in [-0.3, -0.25) is 0 Å². The molecule has 1 aromatic heterocycles. The van der Waals surface area contributed by atoms with Crippen LogP contribution in [0.25, 0.3) is 0 Å². The molecule has 1 atom stereocenters. The first-order valence-electron chi connectivity index (χ1n) is 5.50. The zero-order chi connectivity index (χ0) is 11.1. The van der Waals surface area contributed by atoms with Crippen molar-refractivity contribution in [3.05, 3.63) is 16.1 Å². The predicted octanol–water partition coefficient (Wildman–Crippen LogP) is 2.94.